The quantitative estimate of drug-likeness (QED) is 0.457. The van der Waals surface area contributed by atoms with Crippen LogP contribution in [-0.4, -0.2) is 18.0 Å². The highest BCUT2D eigenvalue weighted by atomic mass is 35.5. The zero-order valence-corrected chi connectivity index (χ0v) is 10.8. The molecule has 0 amide bonds. The van der Waals surface area contributed by atoms with Crippen molar-refractivity contribution in [3.8, 4) is 0 Å². The standard InChI is InChI=1S/C12H26ClN/c1-4-6-7-8-11-14-12(3,5-2)9-10-13/h14H,4-11H2,1-3H3. The second-order valence-electron chi connectivity index (χ2n) is 4.34. The molecule has 0 heterocycles. The Kier molecular flexibility index (Phi) is 8.70. The van der Waals surface area contributed by atoms with E-state index in [-0.39, 0.29) is 5.54 Å². The largest absolute Gasteiger partial charge is 0.311 e. The molecule has 0 aromatic carbocycles. The summed E-state index contributed by atoms with van der Waals surface area (Å²) in [5.41, 5.74) is 0.258. The summed E-state index contributed by atoms with van der Waals surface area (Å²) < 4.78 is 0. The van der Waals surface area contributed by atoms with Crippen LogP contribution in [-0.2, 0) is 0 Å². The van der Waals surface area contributed by atoms with Crippen LogP contribution in [0.1, 0.15) is 59.3 Å². The lowest BCUT2D eigenvalue weighted by Crippen LogP contribution is -2.42. The molecule has 0 aromatic heterocycles. The predicted octanol–water partition coefficient (Wildman–Crippen LogP) is 3.95. The van der Waals surface area contributed by atoms with E-state index in [9.17, 15) is 0 Å². The molecule has 0 aliphatic rings. The van der Waals surface area contributed by atoms with E-state index in [1.54, 1.807) is 0 Å². The monoisotopic (exact) mass is 219 g/mol. The van der Waals surface area contributed by atoms with Gasteiger partial charge in [0.1, 0.15) is 0 Å². The zero-order chi connectivity index (χ0) is 10.9. The second-order valence-corrected chi connectivity index (χ2v) is 4.72. The lowest BCUT2D eigenvalue weighted by Gasteiger charge is -2.29. The first kappa shape index (κ1) is 14.2. The summed E-state index contributed by atoms with van der Waals surface area (Å²) in [6, 6.07) is 0. The summed E-state index contributed by atoms with van der Waals surface area (Å²) in [4.78, 5) is 0. The van der Waals surface area contributed by atoms with Gasteiger partial charge in [0, 0.05) is 11.4 Å². The van der Waals surface area contributed by atoms with Crippen LogP contribution in [0.25, 0.3) is 0 Å². The Balaban J connectivity index is 3.51. The van der Waals surface area contributed by atoms with Crippen molar-refractivity contribution < 1.29 is 0 Å². The number of hydrogen-bond acceptors (Lipinski definition) is 1. The molecule has 1 N–H and O–H groups in total. The van der Waals surface area contributed by atoms with E-state index in [1.807, 2.05) is 0 Å². The molecular weight excluding hydrogens is 194 g/mol. The van der Waals surface area contributed by atoms with Crippen LogP contribution in [0.2, 0.25) is 0 Å². The van der Waals surface area contributed by atoms with Crippen LogP contribution in [0.3, 0.4) is 0 Å². The summed E-state index contributed by atoms with van der Waals surface area (Å²) >= 11 is 5.79. The highest BCUT2D eigenvalue weighted by molar-refractivity contribution is 6.17. The maximum absolute atomic E-state index is 5.79. The molecule has 86 valence electrons. The Morgan fingerprint density at radius 2 is 1.86 bits per heavy atom. The molecule has 0 fully saturated rings. The van der Waals surface area contributed by atoms with Gasteiger partial charge in [0.2, 0.25) is 0 Å². The van der Waals surface area contributed by atoms with Gasteiger partial charge in [-0.2, -0.15) is 0 Å². The first-order valence-corrected chi connectivity index (χ1v) is 6.53. The van der Waals surface area contributed by atoms with Crippen molar-refractivity contribution in [1.29, 1.82) is 0 Å². The number of halogens is 1. The number of alkyl halides is 1. The van der Waals surface area contributed by atoms with E-state index in [1.165, 1.54) is 25.7 Å². The molecule has 0 aliphatic heterocycles. The van der Waals surface area contributed by atoms with Gasteiger partial charge in [0.15, 0.2) is 0 Å². The van der Waals surface area contributed by atoms with Crippen LogP contribution < -0.4 is 5.32 Å². The molecule has 0 spiro atoms. The van der Waals surface area contributed by atoms with Gasteiger partial charge in [-0.25, -0.2) is 0 Å². The third kappa shape index (κ3) is 6.67. The summed E-state index contributed by atoms with van der Waals surface area (Å²) in [6.45, 7) is 7.89. The molecule has 1 atom stereocenters. The molecule has 14 heavy (non-hydrogen) atoms. The molecule has 2 heteroatoms. The van der Waals surface area contributed by atoms with Crippen LogP contribution in [0.4, 0.5) is 0 Å². The Bertz CT molecular complexity index is 127. The van der Waals surface area contributed by atoms with Gasteiger partial charge in [0.05, 0.1) is 0 Å². The smallest absolute Gasteiger partial charge is 0.0240 e. The lowest BCUT2D eigenvalue weighted by molar-refractivity contribution is 0.330. The van der Waals surface area contributed by atoms with E-state index in [0.717, 1.165) is 25.3 Å². The first-order chi connectivity index (χ1) is 6.68. The minimum absolute atomic E-state index is 0.258. The molecular formula is C12H26ClN. The Labute approximate surface area is 94.6 Å². The Hall–Kier alpha value is 0.250. The summed E-state index contributed by atoms with van der Waals surface area (Å²) in [5, 5.41) is 3.62. The molecule has 0 radical (unpaired) electrons. The topological polar surface area (TPSA) is 12.0 Å². The molecule has 0 saturated carbocycles. The van der Waals surface area contributed by atoms with Crippen molar-refractivity contribution in [3.05, 3.63) is 0 Å². The normalized spacial score (nSPS) is 15.4. The van der Waals surface area contributed by atoms with Crippen molar-refractivity contribution in [1.82, 2.24) is 5.32 Å². The highest BCUT2D eigenvalue weighted by Crippen LogP contribution is 2.15. The lowest BCUT2D eigenvalue weighted by atomic mass is 9.95. The molecule has 0 aromatic rings. The van der Waals surface area contributed by atoms with Crippen LogP contribution in [0.15, 0.2) is 0 Å². The van der Waals surface area contributed by atoms with Gasteiger partial charge < -0.3 is 5.32 Å². The maximum atomic E-state index is 5.79. The van der Waals surface area contributed by atoms with E-state index in [0.29, 0.717) is 0 Å². The Morgan fingerprint density at radius 3 is 2.36 bits per heavy atom. The fourth-order valence-corrected chi connectivity index (χ4v) is 1.96. The molecule has 0 bridgehead atoms. The van der Waals surface area contributed by atoms with Gasteiger partial charge in [-0.1, -0.05) is 33.1 Å². The average Bonchev–Trinajstić information content (AvgIpc) is 2.18. The van der Waals surface area contributed by atoms with Crippen molar-refractivity contribution in [2.24, 2.45) is 0 Å². The highest BCUT2D eigenvalue weighted by Gasteiger charge is 2.19. The van der Waals surface area contributed by atoms with Gasteiger partial charge in [-0.05, 0) is 32.7 Å². The van der Waals surface area contributed by atoms with Crippen molar-refractivity contribution in [2.75, 3.05) is 12.4 Å². The molecule has 1 unspecified atom stereocenters. The molecule has 1 nitrogen and oxygen atoms in total. The van der Waals surface area contributed by atoms with Gasteiger partial charge >= 0.3 is 0 Å². The maximum Gasteiger partial charge on any atom is 0.0240 e. The van der Waals surface area contributed by atoms with E-state index in [4.69, 9.17) is 11.6 Å². The van der Waals surface area contributed by atoms with Gasteiger partial charge in [-0.15, -0.1) is 11.6 Å². The third-order valence-electron chi connectivity index (χ3n) is 3.01. The van der Waals surface area contributed by atoms with Crippen molar-refractivity contribution in [2.45, 2.75) is 64.8 Å². The van der Waals surface area contributed by atoms with Crippen molar-refractivity contribution >= 4 is 11.6 Å². The number of hydrogen-bond donors (Lipinski definition) is 1. The third-order valence-corrected chi connectivity index (χ3v) is 3.20. The predicted molar refractivity (Wildman–Crippen MR) is 66.2 cm³/mol. The fourth-order valence-electron chi connectivity index (χ4n) is 1.54. The van der Waals surface area contributed by atoms with Crippen LogP contribution in [0.5, 0.6) is 0 Å². The number of unbranched alkanes of at least 4 members (excludes halogenated alkanes) is 3. The van der Waals surface area contributed by atoms with Crippen molar-refractivity contribution in [3.63, 3.8) is 0 Å². The number of rotatable bonds is 9. The molecule has 0 saturated heterocycles. The van der Waals surface area contributed by atoms with Crippen LogP contribution in [0, 0.1) is 0 Å². The molecule has 0 rings (SSSR count). The second kappa shape index (κ2) is 8.55. The Morgan fingerprint density at radius 1 is 1.14 bits per heavy atom. The summed E-state index contributed by atoms with van der Waals surface area (Å²) in [6.07, 6.45) is 7.55. The molecule has 0 aliphatic carbocycles. The van der Waals surface area contributed by atoms with Gasteiger partial charge in [-0.3, -0.25) is 0 Å². The average molecular weight is 220 g/mol. The first-order valence-electron chi connectivity index (χ1n) is 5.99. The minimum atomic E-state index is 0.258. The van der Waals surface area contributed by atoms with E-state index < -0.39 is 0 Å². The zero-order valence-electron chi connectivity index (χ0n) is 10.0. The van der Waals surface area contributed by atoms with Gasteiger partial charge in [0.25, 0.3) is 0 Å². The summed E-state index contributed by atoms with van der Waals surface area (Å²) in [7, 11) is 0. The summed E-state index contributed by atoms with van der Waals surface area (Å²) in [5.74, 6) is 0.756. The van der Waals surface area contributed by atoms with Crippen LogP contribution >= 0.6 is 11.6 Å². The fraction of sp³-hybridized carbons (Fsp3) is 1.00. The number of nitrogens with one attached hydrogen (secondary N) is 1. The van der Waals surface area contributed by atoms with E-state index >= 15 is 0 Å². The van der Waals surface area contributed by atoms with E-state index in [2.05, 4.69) is 26.1 Å². The SMILES string of the molecule is CCCCCCNC(C)(CC)CCCl. The minimum Gasteiger partial charge on any atom is -0.311 e.